The minimum Gasteiger partial charge on any atom is -0.396 e. The topological polar surface area (TPSA) is 52.6 Å². The third-order valence-corrected chi connectivity index (χ3v) is 3.25. The second-order valence-corrected chi connectivity index (χ2v) is 4.66. The zero-order chi connectivity index (χ0) is 10.7. The van der Waals surface area contributed by atoms with Gasteiger partial charge >= 0.3 is 0 Å². The van der Waals surface area contributed by atoms with Crippen molar-refractivity contribution in [3.63, 3.8) is 0 Å². The van der Waals surface area contributed by atoms with Crippen LogP contribution in [0.25, 0.3) is 0 Å². The van der Waals surface area contributed by atoms with Gasteiger partial charge in [0.25, 0.3) is 0 Å². The zero-order valence-electron chi connectivity index (χ0n) is 9.11. The molecule has 0 radical (unpaired) electrons. The molecule has 0 aromatic rings. The highest BCUT2D eigenvalue weighted by atomic mass is 16.3. The van der Waals surface area contributed by atoms with Gasteiger partial charge in [0.1, 0.15) is 0 Å². The van der Waals surface area contributed by atoms with Crippen molar-refractivity contribution in [1.29, 1.82) is 0 Å². The van der Waals surface area contributed by atoms with Gasteiger partial charge < -0.3 is 15.3 Å². The smallest absolute Gasteiger partial charge is 0.223 e. The number of carbonyl (C=O) groups excluding carboxylic acids is 1. The number of amides is 1. The molecule has 2 N–H and O–H groups in total. The number of rotatable bonds is 5. The van der Waals surface area contributed by atoms with Gasteiger partial charge in [0.05, 0.1) is 0 Å². The minimum absolute atomic E-state index is 0.212. The normalized spacial score (nSPS) is 25.9. The molecular formula is C11H20N2O2. The Hall–Kier alpha value is -0.610. The van der Waals surface area contributed by atoms with E-state index < -0.39 is 0 Å². The average Bonchev–Trinajstić information content (AvgIpc) is 2.94. The SMILES string of the molecule is O=C(CCNC1CC1)N1CCC(CO)C1. The Morgan fingerprint density at radius 2 is 2.20 bits per heavy atom. The number of nitrogens with zero attached hydrogens (tertiary/aromatic N) is 1. The predicted molar refractivity (Wildman–Crippen MR) is 57.4 cm³/mol. The lowest BCUT2D eigenvalue weighted by atomic mass is 10.1. The molecule has 1 aliphatic heterocycles. The average molecular weight is 212 g/mol. The number of aliphatic hydroxyl groups excluding tert-OH is 1. The fourth-order valence-electron chi connectivity index (χ4n) is 2.04. The highest BCUT2D eigenvalue weighted by Crippen LogP contribution is 2.19. The minimum atomic E-state index is 0.212. The Bertz CT molecular complexity index is 229. The molecule has 2 fully saturated rings. The second kappa shape index (κ2) is 4.94. The number of hydrogen-bond donors (Lipinski definition) is 2. The van der Waals surface area contributed by atoms with Crippen LogP contribution in [-0.2, 0) is 4.79 Å². The molecule has 2 rings (SSSR count). The van der Waals surface area contributed by atoms with Crippen LogP contribution in [-0.4, -0.2) is 48.2 Å². The highest BCUT2D eigenvalue weighted by Gasteiger charge is 2.26. The van der Waals surface area contributed by atoms with Crippen molar-refractivity contribution in [2.75, 3.05) is 26.2 Å². The molecule has 1 saturated heterocycles. The van der Waals surface area contributed by atoms with E-state index in [0.717, 1.165) is 26.1 Å². The lowest BCUT2D eigenvalue weighted by Gasteiger charge is -2.16. The van der Waals surface area contributed by atoms with E-state index >= 15 is 0 Å². The standard InChI is InChI=1S/C11H20N2O2/c14-8-9-4-6-13(7-9)11(15)3-5-12-10-1-2-10/h9-10,12,14H,1-8H2. The van der Waals surface area contributed by atoms with Gasteiger partial charge in [0, 0.05) is 44.6 Å². The van der Waals surface area contributed by atoms with Crippen molar-refractivity contribution >= 4 is 5.91 Å². The molecule has 1 saturated carbocycles. The van der Waals surface area contributed by atoms with Crippen LogP contribution >= 0.6 is 0 Å². The van der Waals surface area contributed by atoms with Gasteiger partial charge in [-0.1, -0.05) is 0 Å². The van der Waals surface area contributed by atoms with Crippen molar-refractivity contribution in [3.8, 4) is 0 Å². The number of likely N-dealkylation sites (tertiary alicyclic amines) is 1. The van der Waals surface area contributed by atoms with E-state index in [9.17, 15) is 4.79 Å². The monoisotopic (exact) mass is 212 g/mol. The lowest BCUT2D eigenvalue weighted by molar-refractivity contribution is -0.130. The molecule has 1 heterocycles. The summed E-state index contributed by atoms with van der Waals surface area (Å²) in [6, 6.07) is 0.682. The Morgan fingerprint density at radius 1 is 1.40 bits per heavy atom. The Balaban J connectivity index is 1.62. The summed E-state index contributed by atoms with van der Waals surface area (Å²) in [7, 11) is 0. The summed E-state index contributed by atoms with van der Waals surface area (Å²) < 4.78 is 0. The maximum Gasteiger partial charge on any atom is 0.223 e. The van der Waals surface area contributed by atoms with Crippen LogP contribution in [0.2, 0.25) is 0 Å². The maximum atomic E-state index is 11.7. The number of nitrogens with one attached hydrogen (secondary N) is 1. The Kier molecular flexibility index (Phi) is 3.59. The molecule has 86 valence electrons. The Morgan fingerprint density at radius 3 is 2.80 bits per heavy atom. The van der Waals surface area contributed by atoms with E-state index in [-0.39, 0.29) is 12.5 Å². The summed E-state index contributed by atoms with van der Waals surface area (Å²) in [6.45, 7) is 2.60. The summed E-state index contributed by atoms with van der Waals surface area (Å²) in [6.07, 6.45) is 4.10. The van der Waals surface area contributed by atoms with Crippen molar-refractivity contribution < 1.29 is 9.90 Å². The number of aliphatic hydroxyl groups is 1. The molecule has 1 amide bonds. The van der Waals surface area contributed by atoms with Crippen molar-refractivity contribution in [3.05, 3.63) is 0 Å². The van der Waals surface area contributed by atoms with Crippen LogP contribution in [0.1, 0.15) is 25.7 Å². The molecule has 0 aromatic heterocycles. The van der Waals surface area contributed by atoms with Crippen molar-refractivity contribution in [2.24, 2.45) is 5.92 Å². The zero-order valence-corrected chi connectivity index (χ0v) is 9.11. The quantitative estimate of drug-likeness (QED) is 0.673. The summed E-state index contributed by atoms with van der Waals surface area (Å²) in [5, 5.41) is 12.3. The van der Waals surface area contributed by atoms with Crippen LogP contribution in [0, 0.1) is 5.92 Å². The third kappa shape index (κ3) is 3.18. The Labute approximate surface area is 90.6 Å². The first-order valence-corrected chi connectivity index (χ1v) is 5.91. The lowest BCUT2D eigenvalue weighted by Crippen LogP contribution is -2.32. The van der Waals surface area contributed by atoms with E-state index in [1.807, 2.05) is 4.90 Å². The summed E-state index contributed by atoms with van der Waals surface area (Å²) in [5.74, 6) is 0.546. The van der Waals surface area contributed by atoms with Gasteiger partial charge in [-0.05, 0) is 19.3 Å². The fraction of sp³-hybridized carbons (Fsp3) is 0.909. The van der Waals surface area contributed by atoms with Crippen LogP contribution in [0.15, 0.2) is 0 Å². The molecule has 0 bridgehead atoms. The molecule has 1 unspecified atom stereocenters. The van der Waals surface area contributed by atoms with E-state index in [1.54, 1.807) is 0 Å². The molecule has 2 aliphatic rings. The first kappa shape index (κ1) is 10.9. The van der Waals surface area contributed by atoms with Crippen LogP contribution in [0.3, 0.4) is 0 Å². The molecule has 0 spiro atoms. The largest absolute Gasteiger partial charge is 0.396 e. The molecule has 0 aromatic carbocycles. The van der Waals surface area contributed by atoms with Gasteiger partial charge in [-0.25, -0.2) is 0 Å². The summed E-state index contributed by atoms with van der Waals surface area (Å²) in [5.41, 5.74) is 0. The van der Waals surface area contributed by atoms with Crippen molar-refractivity contribution in [1.82, 2.24) is 10.2 Å². The fourth-order valence-corrected chi connectivity index (χ4v) is 2.04. The predicted octanol–water partition coefficient (Wildman–Crippen LogP) is -0.0307. The van der Waals surface area contributed by atoms with E-state index in [4.69, 9.17) is 5.11 Å². The summed E-state index contributed by atoms with van der Waals surface area (Å²) in [4.78, 5) is 13.6. The van der Waals surface area contributed by atoms with E-state index in [0.29, 0.717) is 18.4 Å². The number of hydrogen-bond acceptors (Lipinski definition) is 3. The van der Waals surface area contributed by atoms with Gasteiger partial charge in [-0.15, -0.1) is 0 Å². The van der Waals surface area contributed by atoms with E-state index in [2.05, 4.69) is 5.32 Å². The molecular weight excluding hydrogens is 192 g/mol. The molecule has 4 heteroatoms. The van der Waals surface area contributed by atoms with Crippen LogP contribution in [0.5, 0.6) is 0 Å². The van der Waals surface area contributed by atoms with Gasteiger partial charge in [0.2, 0.25) is 5.91 Å². The van der Waals surface area contributed by atoms with Gasteiger partial charge in [-0.2, -0.15) is 0 Å². The molecule has 4 nitrogen and oxygen atoms in total. The second-order valence-electron chi connectivity index (χ2n) is 4.66. The van der Waals surface area contributed by atoms with Crippen molar-refractivity contribution in [2.45, 2.75) is 31.7 Å². The van der Waals surface area contributed by atoms with Crippen LogP contribution in [0.4, 0.5) is 0 Å². The van der Waals surface area contributed by atoms with Gasteiger partial charge in [0.15, 0.2) is 0 Å². The van der Waals surface area contributed by atoms with Crippen LogP contribution < -0.4 is 5.32 Å². The highest BCUT2D eigenvalue weighted by molar-refractivity contribution is 5.76. The van der Waals surface area contributed by atoms with Gasteiger partial charge in [-0.3, -0.25) is 4.79 Å². The maximum absolute atomic E-state index is 11.7. The number of carbonyl (C=O) groups is 1. The third-order valence-electron chi connectivity index (χ3n) is 3.25. The van der Waals surface area contributed by atoms with E-state index in [1.165, 1.54) is 12.8 Å². The molecule has 15 heavy (non-hydrogen) atoms. The summed E-state index contributed by atoms with van der Waals surface area (Å²) >= 11 is 0. The molecule has 1 aliphatic carbocycles. The first-order valence-electron chi connectivity index (χ1n) is 5.91. The molecule has 1 atom stereocenters. The first-order chi connectivity index (χ1) is 7.29.